The van der Waals surface area contributed by atoms with E-state index in [1.54, 1.807) is 0 Å². The van der Waals surface area contributed by atoms with Crippen molar-refractivity contribution in [2.45, 2.75) is 51.6 Å². The van der Waals surface area contributed by atoms with Crippen LogP contribution in [0.2, 0.25) is 0 Å². The molecule has 0 bridgehead atoms. The Kier molecular flexibility index (Phi) is 6.22. The number of nitrogens with zero attached hydrogens (tertiary/aromatic N) is 1. The number of unbranched alkanes of at least 4 members (excludes halogenated alkanes) is 3. The van der Waals surface area contributed by atoms with Crippen LogP contribution in [0.4, 0.5) is 0 Å². The van der Waals surface area contributed by atoms with Crippen LogP contribution in [0.5, 0.6) is 0 Å². The summed E-state index contributed by atoms with van der Waals surface area (Å²) in [7, 11) is 0. The fraction of sp³-hybridized carbons (Fsp3) is 1.00. The quantitative estimate of drug-likeness (QED) is 0.653. The average Bonchev–Trinajstić information content (AvgIpc) is 2.25. The van der Waals surface area contributed by atoms with Gasteiger partial charge >= 0.3 is 0 Å². The van der Waals surface area contributed by atoms with E-state index in [9.17, 15) is 5.11 Å². The van der Waals surface area contributed by atoms with Crippen molar-refractivity contribution < 1.29 is 5.11 Å². The molecule has 15 heavy (non-hydrogen) atoms. The molecule has 0 aromatic heterocycles. The third kappa shape index (κ3) is 4.49. The first-order chi connectivity index (χ1) is 7.27. The summed E-state index contributed by atoms with van der Waals surface area (Å²) in [5.41, 5.74) is 0. The molecule has 2 N–H and O–H groups in total. The predicted octanol–water partition coefficient (Wildman–Crippen LogP) is 1.22. The summed E-state index contributed by atoms with van der Waals surface area (Å²) in [5, 5.41) is 12.7. The van der Waals surface area contributed by atoms with Crippen LogP contribution in [0.1, 0.15) is 39.5 Å². The monoisotopic (exact) mass is 214 g/mol. The smallest absolute Gasteiger partial charge is 0.0599 e. The number of hydrogen-bond acceptors (Lipinski definition) is 3. The third-order valence-corrected chi connectivity index (χ3v) is 3.24. The number of nitrogens with one attached hydrogen (secondary N) is 1. The molecule has 0 amide bonds. The zero-order valence-corrected chi connectivity index (χ0v) is 10.2. The van der Waals surface area contributed by atoms with Gasteiger partial charge < -0.3 is 10.4 Å². The van der Waals surface area contributed by atoms with Gasteiger partial charge in [0, 0.05) is 25.2 Å². The Morgan fingerprint density at radius 1 is 1.33 bits per heavy atom. The number of aliphatic hydroxyl groups excluding tert-OH is 1. The Labute approximate surface area is 93.9 Å². The van der Waals surface area contributed by atoms with E-state index in [0.717, 1.165) is 19.6 Å². The van der Waals surface area contributed by atoms with Crippen molar-refractivity contribution in [3.63, 3.8) is 0 Å². The highest BCUT2D eigenvalue weighted by Gasteiger charge is 2.24. The summed E-state index contributed by atoms with van der Waals surface area (Å²) < 4.78 is 0. The van der Waals surface area contributed by atoms with E-state index in [4.69, 9.17) is 0 Å². The van der Waals surface area contributed by atoms with Gasteiger partial charge in [0.15, 0.2) is 0 Å². The van der Waals surface area contributed by atoms with E-state index in [1.807, 2.05) is 0 Å². The summed E-state index contributed by atoms with van der Waals surface area (Å²) in [6, 6.07) is 0.904. The topological polar surface area (TPSA) is 35.5 Å². The highest BCUT2D eigenvalue weighted by molar-refractivity contribution is 4.83. The van der Waals surface area contributed by atoms with Crippen molar-refractivity contribution in [2.75, 3.05) is 26.2 Å². The van der Waals surface area contributed by atoms with Crippen molar-refractivity contribution in [3.05, 3.63) is 0 Å². The largest absolute Gasteiger partial charge is 0.395 e. The van der Waals surface area contributed by atoms with Gasteiger partial charge in [0.25, 0.3) is 0 Å². The molecule has 90 valence electrons. The van der Waals surface area contributed by atoms with Crippen molar-refractivity contribution >= 4 is 0 Å². The van der Waals surface area contributed by atoms with Crippen LogP contribution in [0.3, 0.4) is 0 Å². The molecule has 3 nitrogen and oxygen atoms in total. The van der Waals surface area contributed by atoms with Crippen molar-refractivity contribution in [1.82, 2.24) is 10.2 Å². The Morgan fingerprint density at radius 3 is 2.80 bits per heavy atom. The highest BCUT2D eigenvalue weighted by atomic mass is 16.3. The number of hydrogen-bond donors (Lipinski definition) is 2. The predicted molar refractivity (Wildman–Crippen MR) is 64.1 cm³/mol. The van der Waals surface area contributed by atoms with E-state index >= 15 is 0 Å². The van der Waals surface area contributed by atoms with Gasteiger partial charge in [-0.2, -0.15) is 0 Å². The lowest BCUT2D eigenvalue weighted by molar-refractivity contribution is 0.0826. The highest BCUT2D eigenvalue weighted by Crippen LogP contribution is 2.09. The van der Waals surface area contributed by atoms with E-state index in [0.29, 0.717) is 12.1 Å². The first kappa shape index (κ1) is 12.9. The van der Waals surface area contributed by atoms with Crippen LogP contribution in [0, 0.1) is 0 Å². The normalized spacial score (nSPS) is 28.2. The molecule has 1 heterocycles. The molecule has 0 spiro atoms. The summed E-state index contributed by atoms with van der Waals surface area (Å²) in [4.78, 5) is 2.44. The van der Waals surface area contributed by atoms with Crippen LogP contribution >= 0.6 is 0 Å². The van der Waals surface area contributed by atoms with Crippen LogP contribution in [-0.2, 0) is 0 Å². The van der Waals surface area contributed by atoms with Crippen LogP contribution in [0.25, 0.3) is 0 Å². The molecule has 1 rings (SSSR count). The Hall–Kier alpha value is -0.120. The van der Waals surface area contributed by atoms with Crippen molar-refractivity contribution in [3.8, 4) is 0 Å². The van der Waals surface area contributed by atoms with Gasteiger partial charge in [-0.15, -0.1) is 0 Å². The van der Waals surface area contributed by atoms with Gasteiger partial charge in [0.1, 0.15) is 0 Å². The molecule has 1 fully saturated rings. The average molecular weight is 214 g/mol. The van der Waals surface area contributed by atoms with E-state index in [1.165, 1.54) is 25.7 Å². The lowest BCUT2D eigenvalue weighted by atomic mass is 10.1. The van der Waals surface area contributed by atoms with Gasteiger partial charge in [-0.05, 0) is 19.9 Å². The Bertz CT molecular complexity index is 164. The minimum Gasteiger partial charge on any atom is -0.395 e. The van der Waals surface area contributed by atoms with Crippen LogP contribution < -0.4 is 5.32 Å². The van der Waals surface area contributed by atoms with Crippen molar-refractivity contribution in [1.29, 1.82) is 0 Å². The second-order valence-electron chi connectivity index (χ2n) is 4.70. The maximum Gasteiger partial charge on any atom is 0.0599 e. The molecule has 2 atom stereocenters. The third-order valence-electron chi connectivity index (χ3n) is 3.24. The zero-order chi connectivity index (χ0) is 11.1. The van der Waals surface area contributed by atoms with Crippen molar-refractivity contribution in [2.24, 2.45) is 0 Å². The molecule has 0 aromatic rings. The maximum absolute atomic E-state index is 9.27. The summed E-state index contributed by atoms with van der Waals surface area (Å²) in [6.45, 7) is 7.91. The second kappa shape index (κ2) is 7.20. The first-order valence-corrected chi connectivity index (χ1v) is 6.36. The molecule has 1 aliphatic heterocycles. The molecule has 0 radical (unpaired) electrons. The Morgan fingerprint density at radius 2 is 2.13 bits per heavy atom. The van der Waals surface area contributed by atoms with E-state index in [2.05, 4.69) is 24.1 Å². The number of aliphatic hydroxyl groups is 1. The van der Waals surface area contributed by atoms with Gasteiger partial charge in [0.05, 0.1) is 6.61 Å². The lowest BCUT2D eigenvalue weighted by Crippen LogP contribution is -2.56. The summed E-state index contributed by atoms with van der Waals surface area (Å²) in [6.07, 6.45) is 5.23. The number of rotatable bonds is 6. The zero-order valence-electron chi connectivity index (χ0n) is 10.2. The fourth-order valence-corrected chi connectivity index (χ4v) is 2.23. The van der Waals surface area contributed by atoms with Gasteiger partial charge in [-0.25, -0.2) is 0 Å². The Balaban J connectivity index is 2.22. The van der Waals surface area contributed by atoms with Crippen LogP contribution in [-0.4, -0.2) is 48.3 Å². The second-order valence-corrected chi connectivity index (χ2v) is 4.70. The molecular formula is C12H26N2O. The summed E-state index contributed by atoms with van der Waals surface area (Å²) >= 11 is 0. The molecule has 1 saturated heterocycles. The van der Waals surface area contributed by atoms with Gasteiger partial charge in [-0.1, -0.05) is 26.2 Å². The summed E-state index contributed by atoms with van der Waals surface area (Å²) in [5.74, 6) is 0. The van der Waals surface area contributed by atoms with Gasteiger partial charge in [-0.3, -0.25) is 4.90 Å². The van der Waals surface area contributed by atoms with E-state index < -0.39 is 0 Å². The number of piperazine rings is 1. The molecule has 0 aromatic carbocycles. The molecule has 0 saturated carbocycles. The molecule has 0 aliphatic carbocycles. The molecule has 3 heteroatoms. The lowest BCUT2D eigenvalue weighted by Gasteiger charge is -2.38. The van der Waals surface area contributed by atoms with E-state index in [-0.39, 0.29) is 6.61 Å². The van der Waals surface area contributed by atoms with Crippen LogP contribution in [0.15, 0.2) is 0 Å². The first-order valence-electron chi connectivity index (χ1n) is 6.36. The fourth-order valence-electron chi connectivity index (χ4n) is 2.23. The minimum absolute atomic E-state index is 0.285. The molecule has 2 unspecified atom stereocenters. The molecular weight excluding hydrogens is 188 g/mol. The minimum atomic E-state index is 0.285. The van der Waals surface area contributed by atoms with Gasteiger partial charge in [0.2, 0.25) is 0 Å². The maximum atomic E-state index is 9.27. The SMILES string of the molecule is CCCCCCN1CC(C)NCC1CO. The standard InChI is InChI=1S/C12H26N2O/c1-3-4-5-6-7-14-9-11(2)13-8-12(14)10-15/h11-13,15H,3-10H2,1-2H3. The molecule has 1 aliphatic rings.